The van der Waals surface area contributed by atoms with Gasteiger partial charge in [-0.15, -0.1) is 11.3 Å². The Morgan fingerprint density at radius 2 is 2.22 bits per heavy atom. The van der Waals surface area contributed by atoms with E-state index in [4.69, 9.17) is 4.74 Å². The Bertz CT molecular complexity index is 687. The predicted molar refractivity (Wildman–Crippen MR) is 100 cm³/mol. The number of benzene rings is 1. The first-order chi connectivity index (χ1) is 11.1. The smallest absolute Gasteiger partial charge is 0.264 e. The molecule has 0 radical (unpaired) electrons. The zero-order valence-electron chi connectivity index (χ0n) is 12.8. The zero-order valence-corrected chi connectivity index (χ0v) is 15.8. The number of carbonyl (C=O) groups excluding carboxylic acids is 1. The molecule has 122 valence electrons. The van der Waals surface area contributed by atoms with E-state index in [1.165, 1.54) is 4.88 Å². The van der Waals surface area contributed by atoms with Gasteiger partial charge in [0, 0.05) is 28.0 Å². The number of ether oxygens (including phenoxy) is 1. The highest BCUT2D eigenvalue weighted by Crippen LogP contribution is 2.28. The van der Waals surface area contributed by atoms with Crippen molar-refractivity contribution in [2.75, 3.05) is 25.0 Å². The minimum Gasteiger partial charge on any atom is -0.484 e. The lowest BCUT2D eigenvalue weighted by atomic mass is 10.2. The molecule has 0 atom stereocenters. The van der Waals surface area contributed by atoms with Gasteiger partial charge in [-0.25, -0.2) is 4.98 Å². The maximum Gasteiger partial charge on any atom is 0.264 e. The van der Waals surface area contributed by atoms with Crippen molar-refractivity contribution in [3.63, 3.8) is 0 Å². The van der Waals surface area contributed by atoms with E-state index >= 15 is 0 Å². The third-order valence-electron chi connectivity index (χ3n) is 3.69. The summed E-state index contributed by atoms with van der Waals surface area (Å²) in [5.74, 6) is 0.514. The quantitative estimate of drug-likeness (QED) is 0.722. The van der Waals surface area contributed by atoms with Gasteiger partial charge in [0.25, 0.3) is 5.91 Å². The van der Waals surface area contributed by atoms with Crippen molar-refractivity contribution in [1.29, 1.82) is 0 Å². The van der Waals surface area contributed by atoms with Crippen LogP contribution in [-0.2, 0) is 17.8 Å². The van der Waals surface area contributed by atoms with Crippen molar-refractivity contribution >= 4 is 45.0 Å². The summed E-state index contributed by atoms with van der Waals surface area (Å²) in [5.41, 5.74) is 1.12. The average molecular weight is 443 g/mol. The van der Waals surface area contributed by atoms with Crippen LogP contribution in [-0.4, -0.2) is 35.5 Å². The Morgan fingerprint density at radius 3 is 2.96 bits per heavy atom. The van der Waals surface area contributed by atoms with Crippen LogP contribution in [0.25, 0.3) is 0 Å². The molecule has 23 heavy (non-hydrogen) atoms. The van der Waals surface area contributed by atoms with Gasteiger partial charge in [0.05, 0.1) is 5.69 Å². The second-order valence-corrected chi connectivity index (χ2v) is 7.63. The number of nitrogens with zero attached hydrogens (tertiary/aromatic N) is 2. The van der Waals surface area contributed by atoms with Gasteiger partial charge in [-0.3, -0.25) is 15.0 Å². The fourth-order valence-electron chi connectivity index (χ4n) is 2.41. The van der Waals surface area contributed by atoms with Crippen LogP contribution in [0.5, 0.6) is 5.75 Å². The van der Waals surface area contributed by atoms with Crippen molar-refractivity contribution < 1.29 is 9.53 Å². The number of fused-ring (bicyclic) bond motifs is 1. The predicted octanol–water partition coefficient (Wildman–Crippen LogP) is 3.14. The molecule has 0 saturated heterocycles. The first kappa shape index (κ1) is 16.7. The highest BCUT2D eigenvalue weighted by Gasteiger charge is 2.20. The highest BCUT2D eigenvalue weighted by molar-refractivity contribution is 14.1. The number of carbonyl (C=O) groups is 1. The molecule has 1 aromatic carbocycles. The van der Waals surface area contributed by atoms with Gasteiger partial charge in [0.15, 0.2) is 11.7 Å². The highest BCUT2D eigenvalue weighted by atomic mass is 127. The van der Waals surface area contributed by atoms with E-state index in [0.717, 1.165) is 35.3 Å². The summed E-state index contributed by atoms with van der Waals surface area (Å²) in [7, 11) is 0. The molecule has 1 aliphatic rings. The number of thiazole rings is 1. The lowest BCUT2D eigenvalue weighted by Crippen LogP contribution is -2.29. The Hall–Kier alpha value is -1.19. The number of halogens is 1. The molecule has 0 aliphatic carbocycles. The molecule has 2 heterocycles. The van der Waals surface area contributed by atoms with Crippen LogP contribution in [0, 0.1) is 3.57 Å². The van der Waals surface area contributed by atoms with Crippen LogP contribution in [0.3, 0.4) is 0 Å². The molecule has 1 aliphatic heterocycles. The summed E-state index contributed by atoms with van der Waals surface area (Å²) in [6.45, 7) is 5.17. The van der Waals surface area contributed by atoms with Gasteiger partial charge < -0.3 is 4.74 Å². The summed E-state index contributed by atoms with van der Waals surface area (Å²) in [6.07, 6.45) is 0.953. The van der Waals surface area contributed by atoms with Gasteiger partial charge in [0.1, 0.15) is 5.75 Å². The van der Waals surface area contributed by atoms with Gasteiger partial charge in [0.2, 0.25) is 0 Å². The summed E-state index contributed by atoms with van der Waals surface area (Å²) >= 11 is 3.79. The Kier molecular flexibility index (Phi) is 5.50. The van der Waals surface area contributed by atoms with Crippen molar-refractivity contribution in [1.82, 2.24) is 9.88 Å². The van der Waals surface area contributed by atoms with E-state index in [1.807, 2.05) is 24.3 Å². The van der Waals surface area contributed by atoms with Crippen molar-refractivity contribution in [2.24, 2.45) is 0 Å². The van der Waals surface area contributed by atoms with E-state index in [1.54, 1.807) is 11.3 Å². The number of nitrogens with one attached hydrogen (secondary N) is 1. The standard InChI is InChI=1S/C16H18IN3O2S/c1-2-20-8-7-13-14(9-20)23-16(18-13)19-15(21)10-22-12-5-3-11(17)4-6-12/h3-6H,2,7-10H2,1H3,(H,18,19,21). The topological polar surface area (TPSA) is 54.5 Å². The van der Waals surface area contributed by atoms with Gasteiger partial charge in [-0.05, 0) is 53.4 Å². The second kappa shape index (κ2) is 7.59. The summed E-state index contributed by atoms with van der Waals surface area (Å²) < 4.78 is 6.62. The van der Waals surface area contributed by atoms with Gasteiger partial charge in [-0.1, -0.05) is 6.92 Å². The van der Waals surface area contributed by atoms with Crippen molar-refractivity contribution in [3.05, 3.63) is 38.4 Å². The second-order valence-electron chi connectivity index (χ2n) is 5.30. The normalized spacial score (nSPS) is 14.3. The Balaban J connectivity index is 1.54. The molecular formula is C16H18IN3O2S. The molecule has 0 saturated carbocycles. The Morgan fingerprint density at radius 1 is 1.43 bits per heavy atom. The van der Waals surface area contributed by atoms with Crippen LogP contribution in [0.2, 0.25) is 0 Å². The molecule has 1 aromatic heterocycles. The number of anilines is 1. The molecule has 0 spiro atoms. The maximum absolute atomic E-state index is 12.0. The van der Waals surface area contributed by atoms with Crippen LogP contribution in [0.15, 0.2) is 24.3 Å². The lowest BCUT2D eigenvalue weighted by molar-refractivity contribution is -0.118. The van der Waals surface area contributed by atoms with Crippen LogP contribution >= 0.6 is 33.9 Å². The third-order valence-corrected chi connectivity index (χ3v) is 5.40. The lowest BCUT2D eigenvalue weighted by Gasteiger charge is -2.23. The van der Waals surface area contributed by atoms with Gasteiger partial charge >= 0.3 is 0 Å². The number of likely N-dealkylation sites (N-methyl/N-ethyl adjacent to an activating group) is 1. The van der Waals surface area contributed by atoms with Crippen molar-refractivity contribution in [3.8, 4) is 5.75 Å². The molecule has 0 bridgehead atoms. The molecule has 5 nitrogen and oxygen atoms in total. The summed E-state index contributed by atoms with van der Waals surface area (Å²) in [4.78, 5) is 20.2. The fourth-order valence-corrected chi connectivity index (χ4v) is 3.83. The maximum atomic E-state index is 12.0. The average Bonchev–Trinajstić information content (AvgIpc) is 2.95. The third kappa shape index (κ3) is 4.42. The minimum absolute atomic E-state index is 0.00801. The zero-order chi connectivity index (χ0) is 16.2. The van der Waals surface area contributed by atoms with E-state index in [9.17, 15) is 4.79 Å². The monoisotopic (exact) mass is 443 g/mol. The number of hydrogen-bond donors (Lipinski definition) is 1. The first-order valence-electron chi connectivity index (χ1n) is 7.53. The molecule has 3 rings (SSSR count). The van der Waals surface area contributed by atoms with E-state index in [0.29, 0.717) is 10.9 Å². The van der Waals surface area contributed by atoms with Gasteiger partial charge in [-0.2, -0.15) is 0 Å². The van der Waals surface area contributed by atoms with Crippen LogP contribution in [0.4, 0.5) is 5.13 Å². The summed E-state index contributed by atoms with van der Waals surface area (Å²) in [5, 5.41) is 3.51. The molecule has 7 heteroatoms. The molecule has 2 aromatic rings. The number of amides is 1. The van der Waals surface area contributed by atoms with E-state index in [-0.39, 0.29) is 12.5 Å². The number of aromatic nitrogens is 1. The minimum atomic E-state index is -0.179. The number of rotatable bonds is 5. The fraction of sp³-hybridized carbons (Fsp3) is 0.375. The van der Waals surface area contributed by atoms with Crippen molar-refractivity contribution in [2.45, 2.75) is 19.9 Å². The molecule has 0 fully saturated rings. The Labute approximate surface area is 153 Å². The first-order valence-corrected chi connectivity index (χ1v) is 9.42. The SMILES string of the molecule is CCN1CCc2nc(NC(=O)COc3ccc(I)cc3)sc2C1. The van der Waals surface area contributed by atoms with E-state index in [2.05, 4.69) is 44.7 Å². The van der Waals surface area contributed by atoms with Crippen LogP contribution < -0.4 is 10.1 Å². The van der Waals surface area contributed by atoms with E-state index < -0.39 is 0 Å². The number of hydrogen-bond acceptors (Lipinski definition) is 5. The molecule has 0 unspecified atom stereocenters. The molecular weight excluding hydrogens is 425 g/mol. The molecule has 1 amide bonds. The largest absolute Gasteiger partial charge is 0.484 e. The summed E-state index contributed by atoms with van der Waals surface area (Å²) in [6, 6.07) is 7.61. The molecule has 1 N–H and O–H groups in total. The van der Waals surface area contributed by atoms with Crippen LogP contribution in [0.1, 0.15) is 17.5 Å².